The summed E-state index contributed by atoms with van der Waals surface area (Å²) in [5, 5.41) is 6.63. The predicted octanol–water partition coefficient (Wildman–Crippen LogP) is 2.70. The number of ether oxygens (including phenoxy) is 1. The first-order valence-electron chi connectivity index (χ1n) is 7.60. The fourth-order valence-corrected chi connectivity index (χ4v) is 2.36. The van der Waals surface area contributed by atoms with Gasteiger partial charge in [0.25, 0.3) is 0 Å². The summed E-state index contributed by atoms with van der Waals surface area (Å²) in [5.74, 6) is 1.78. The molecule has 1 unspecified atom stereocenters. The average molecular weight is 295 g/mol. The van der Waals surface area contributed by atoms with Crippen molar-refractivity contribution in [2.45, 2.75) is 26.1 Å². The molecule has 4 heteroatoms. The van der Waals surface area contributed by atoms with Gasteiger partial charge in [0.1, 0.15) is 12.4 Å². The Kier molecular flexibility index (Phi) is 4.59. The van der Waals surface area contributed by atoms with Crippen LogP contribution in [-0.4, -0.2) is 18.5 Å². The van der Waals surface area contributed by atoms with Gasteiger partial charge >= 0.3 is 0 Å². The molecule has 0 saturated heterocycles. The summed E-state index contributed by atoms with van der Waals surface area (Å²) in [6.07, 6.45) is 0. The van der Waals surface area contributed by atoms with Crippen molar-refractivity contribution < 1.29 is 4.74 Å². The summed E-state index contributed by atoms with van der Waals surface area (Å²) >= 11 is 0. The molecule has 0 amide bonds. The Hall–Kier alpha value is -2.49. The first kappa shape index (κ1) is 14.4. The highest BCUT2D eigenvalue weighted by atomic mass is 16.5. The zero-order chi connectivity index (χ0) is 15.2. The smallest absolute Gasteiger partial charge is 0.191 e. The van der Waals surface area contributed by atoms with E-state index in [0.29, 0.717) is 12.6 Å². The molecule has 22 heavy (non-hydrogen) atoms. The third-order valence-corrected chi connectivity index (χ3v) is 3.51. The van der Waals surface area contributed by atoms with Crippen LogP contribution in [0.4, 0.5) is 0 Å². The Balaban J connectivity index is 1.53. The Labute approximate surface area is 131 Å². The minimum absolute atomic E-state index is 0.424. The maximum atomic E-state index is 5.78. The summed E-state index contributed by atoms with van der Waals surface area (Å²) in [4.78, 5) is 4.40. The standard InChI is InChI=1S/C18H21N3O/c1-14-11-19-18(21-14)20-12-15-6-5-7-16(10-15)13-22-17-8-3-2-4-9-17/h2-10,14H,11-13H2,1H3,(H2,19,20,21). The SMILES string of the molecule is CC1CN=C(NCc2cccc(COc3ccccc3)c2)N1. The van der Waals surface area contributed by atoms with Crippen molar-refractivity contribution in [1.29, 1.82) is 0 Å². The molecule has 4 nitrogen and oxygen atoms in total. The van der Waals surface area contributed by atoms with Crippen LogP contribution in [0.25, 0.3) is 0 Å². The molecular weight excluding hydrogens is 274 g/mol. The summed E-state index contributed by atoms with van der Waals surface area (Å²) in [6, 6.07) is 18.7. The Morgan fingerprint density at radius 2 is 1.95 bits per heavy atom. The van der Waals surface area contributed by atoms with Crippen LogP contribution >= 0.6 is 0 Å². The molecule has 2 N–H and O–H groups in total. The van der Waals surface area contributed by atoms with Crippen LogP contribution in [0.3, 0.4) is 0 Å². The van der Waals surface area contributed by atoms with Crippen LogP contribution < -0.4 is 15.4 Å². The third-order valence-electron chi connectivity index (χ3n) is 3.51. The zero-order valence-corrected chi connectivity index (χ0v) is 12.8. The number of nitrogens with zero attached hydrogens (tertiary/aromatic N) is 1. The summed E-state index contributed by atoms with van der Waals surface area (Å²) in [7, 11) is 0. The lowest BCUT2D eigenvalue weighted by molar-refractivity contribution is 0.306. The van der Waals surface area contributed by atoms with Crippen LogP contribution in [0.2, 0.25) is 0 Å². The fraction of sp³-hybridized carbons (Fsp3) is 0.278. The molecule has 0 saturated carbocycles. The lowest BCUT2D eigenvalue weighted by Crippen LogP contribution is -2.37. The van der Waals surface area contributed by atoms with Crippen molar-refractivity contribution in [2.24, 2.45) is 4.99 Å². The summed E-state index contributed by atoms with van der Waals surface area (Å²) in [6.45, 7) is 4.30. The van der Waals surface area contributed by atoms with Crippen molar-refractivity contribution in [3.05, 3.63) is 65.7 Å². The van der Waals surface area contributed by atoms with Gasteiger partial charge in [-0.05, 0) is 30.2 Å². The van der Waals surface area contributed by atoms with Crippen molar-refractivity contribution in [3.8, 4) is 5.75 Å². The first-order valence-corrected chi connectivity index (χ1v) is 7.60. The first-order chi connectivity index (χ1) is 10.8. The van der Waals surface area contributed by atoms with Gasteiger partial charge in [-0.15, -0.1) is 0 Å². The number of guanidine groups is 1. The van der Waals surface area contributed by atoms with Gasteiger partial charge in [0, 0.05) is 12.6 Å². The molecule has 0 radical (unpaired) electrons. The Morgan fingerprint density at radius 3 is 2.73 bits per heavy atom. The number of nitrogens with one attached hydrogen (secondary N) is 2. The van der Waals surface area contributed by atoms with Gasteiger partial charge in [-0.2, -0.15) is 0 Å². The molecule has 3 rings (SSSR count). The Morgan fingerprint density at radius 1 is 1.14 bits per heavy atom. The molecular formula is C18H21N3O. The highest BCUT2D eigenvalue weighted by Gasteiger charge is 2.11. The topological polar surface area (TPSA) is 45.7 Å². The average Bonchev–Trinajstić information content (AvgIpc) is 2.98. The van der Waals surface area contributed by atoms with Gasteiger partial charge in [0.05, 0.1) is 6.54 Å². The zero-order valence-electron chi connectivity index (χ0n) is 12.8. The molecule has 1 atom stereocenters. The second-order valence-electron chi connectivity index (χ2n) is 5.51. The van der Waals surface area contributed by atoms with E-state index in [1.165, 1.54) is 5.56 Å². The van der Waals surface area contributed by atoms with E-state index in [4.69, 9.17) is 4.74 Å². The van der Waals surface area contributed by atoms with Crippen LogP contribution in [0, 0.1) is 0 Å². The normalized spacial score (nSPS) is 16.8. The number of para-hydroxylation sites is 1. The quantitative estimate of drug-likeness (QED) is 0.891. The van der Waals surface area contributed by atoms with E-state index in [1.54, 1.807) is 0 Å². The minimum atomic E-state index is 0.424. The molecule has 0 aromatic heterocycles. The van der Waals surface area contributed by atoms with E-state index in [2.05, 4.69) is 46.8 Å². The van der Waals surface area contributed by atoms with E-state index in [-0.39, 0.29) is 0 Å². The van der Waals surface area contributed by atoms with Crippen molar-refractivity contribution in [3.63, 3.8) is 0 Å². The Bertz CT molecular complexity index is 640. The van der Waals surface area contributed by atoms with Crippen LogP contribution in [0.5, 0.6) is 5.75 Å². The number of benzene rings is 2. The van der Waals surface area contributed by atoms with E-state index >= 15 is 0 Å². The second-order valence-corrected chi connectivity index (χ2v) is 5.51. The lowest BCUT2D eigenvalue weighted by Gasteiger charge is -2.10. The van der Waals surface area contributed by atoms with Crippen molar-refractivity contribution in [1.82, 2.24) is 10.6 Å². The van der Waals surface area contributed by atoms with Gasteiger partial charge < -0.3 is 15.4 Å². The molecule has 1 heterocycles. The molecule has 1 aliphatic rings. The maximum absolute atomic E-state index is 5.78. The lowest BCUT2D eigenvalue weighted by atomic mass is 10.1. The monoisotopic (exact) mass is 295 g/mol. The third kappa shape index (κ3) is 4.01. The van der Waals surface area contributed by atoms with E-state index in [0.717, 1.165) is 30.4 Å². The second kappa shape index (κ2) is 6.98. The van der Waals surface area contributed by atoms with Crippen LogP contribution in [-0.2, 0) is 13.2 Å². The highest BCUT2D eigenvalue weighted by molar-refractivity contribution is 5.81. The molecule has 1 aliphatic heterocycles. The number of hydrogen-bond donors (Lipinski definition) is 2. The fourth-order valence-electron chi connectivity index (χ4n) is 2.36. The van der Waals surface area contributed by atoms with E-state index in [1.807, 2.05) is 30.3 Å². The minimum Gasteiger partial charge on any atom is -0.489 e. The van der Waals surface area contributed by atoms with Crippen molar-refractivity contribution >= 4 is 5.96 Å². The van der Waals surface area contributed by atoms with E-state index in [9.17, 15) is 0 Å². The maximum Gasteiger partial charge on any atom is 0.191 e. The van der Waals surface area contributed by atoms with Crippen LogP contribution in [0.15, 0.2) is 59.6 Å². The molecule has 0 fully saturated rings. The molecule has 0 spiro atoms. The molecule has 114 valence electrons. The van der Waals surface area contributed by atoms with Gasteiger partial charge in [-0.3, -0.25) is 4.99 Å². The van der Waals surface area contributed by atoms with Gasteiger partial charge in [0.2, 0.25) is 0 Å². The molecule has 0 bridgehead atoms. The summed E-state index contributed by atoms with van der Waals surface area (Å²) in [5.41, 5.74) is 2.39. The highest BCUT2D eigenvalue weighted by Crippen LogP contribution is 2.12. The predicted molar refractivity (Wildman–Crippen MR) is 89.0 cm³/mol. The summed E-state index contributed by atoms with van der Waals surface area (Å²) < 4.78 is 5.78. The van der Waals surface area contributed by atoms with E-state index < -0.39 is 0 Å². The number of hydrogen-bond acceptors (Lipinski definition) is 4. The molecule has 0 aliphatic carbocycles. The van der Waals surface area contributed by atoms with Gasteiger partial charge in [-0.1, -0.05) is 42.5 Å². The number of aliphatic imine (C=N–C) groups is 1. The molecule has 2 aromatic carbocycles. The largest absolute Gasteiger partial charge is 0.489 e. The number of rotatable bonds is 5. The van der Waals surface area contributed by atoms with Crippen molar-refractivity contribution in [2.75, 3.05) is 6.54 Å². The van der Waals surface area contributed by atoms with Crippen LogP contribution in [0.1, 0.15) is 18.1 Å². The molecule has 2 aromatic rings. The van der Waals surface area contributed by atoms with Gasteiger partial charge in [-0.25, -0.2) is 0 Å². The van der Waals surface area contributed by atoms with Gasteiger partial charge in [0.15, 0.2) is 5.96 Å².